The highest BCUT2D eigenvalue weighted by molar-refractivity contribution is 5.09. The van der Waals surface area contributed by atoms with Crippen molar-refractivity contribution < 1.29 is 0 Å². The summed E-state index contributed by atoms with van der Waals surface area (Å²) in [5.74, 6) is 0. The van der Waals surface area contributed by atoms with Gasteiger partial charge in [0.15, 0.2) is 0 Å². The number of likely N-dealkylation sites (N-methyl/N-ethyl adjacent to an activating group) is 1. The molecule has 0 aliphatic carbocycles. The second kappa shape index (κ2) is 6.34. The minimum absolute atomic E-state index is 0.700. The molecule has 0 spiro atoms. The predicted molar refractivity (Wildman–Crippen MR) is 74.6 cm³/mol. The van der Waals surface area contributed by atoms with Crippen LogP contribution in [0.25, 0.3) is 0 Å². The molecule has 18 heavy (non-hydrogen) atoms. The van der Waals surface area contributed by atoms with E-state index < -0.39 is 0 Å². The first-order chi connectivity index (χ1) is 8.74. The van der Waals surface area contributed by atoms with Crippen molar-refractivity contribution in [3.05, 3.63) is 17.5 Å². The molecule has 0 aromatic carbocycles. The summed E-state index contributed by atoms with van der Waals surface area (Å²) in [6, 6.07) is 2.93. The zero-order valence-corrected chi connectivity index (χ0v) is 11.9. The molecular formula is C14H26N4. The van der Waals surface area contributed by atoms with E-state index in [-0.39, 0.29) is 0 Å². The summed E-state index contributed by atoms with van der Waals surface area (Å²) in [5.41, 5.74) is 2.49. The number of likely N-dealkylation sites (tertiary alicyclic amines) is 1. The first-order valence-electron chi connectivity index (χ1n) is 7.22. The number of aryl methyl sites for hydroxylation is 2. The Balaban J connectivity index is 1.98. The SMILES string of the molecule is CCNCC1CCCN1Cc1cc(C)nn1CC. The topological polar surface area (TPSA) is 33.1 Å². The van der Waals surface area contributed by atoms with E-state index in [1.807, 2.05) is 0 Å². The van der Waals surface area contributed by atoms with Crippen molar-refractivity contribution in [3.63, 3.8) is 0 Å². The second-order valence-corrected chi connectivity index (χ2v) is 5.17. The van der Waals surface area contributed by atoms with Crippen LogP contribution in [-0.4, -0.2) is 40.4 Å². The minimum atomic E-state index is 0.700. The molecule has 0 saturated carbocycles. The molecule has 102 valence electrons. The Hall–Kier alpha value is -0.870. The highest BCUT2D eigenvalue weighted by atomic mass is 15.3. The Bertz CT molecular complexity index is 372. The molecule has 1 atom stereocenters. The fourth-order valence-electron chi connectivity index (χ4n) is 2.85. The van der Waals surface area contributed by atoms with Gasteiger partial charge in [0.1, 0.15) is 0 Å². The highest BCUT2D eigenvalue weighted by Crippen LogP contribution is 2.20. The van der Waals surface area contributed by atoms with Crippen LogP contribution in [0, 0.1) is 6.92 Å². The lowest BCUT2D eigenvalue weighted by atomic mass is 10.2. The van der Waals surface area contributed by atoms with Crippen LogP contribution >= 0.6 is 0 Å². The molecule has 0 radical (unpaired) electrons. The third-order valence-electron chi connectivity index (χ3n) is 3.78. The van der Waals surface area contributed by atoms with E-state index in [9.17, 15) is 0 Å². The van der Waals surface area contributed by atoms with Crippen LogP contribution in [0.1, 0.15) is 38.1 Å². The van der Waals surface area contributed by atoms with Crippen LogP contribution in [0.2, 0.25) is 0 Å². The molecule has 1 N–H and O–H groups in total. The van der Waals surface area contributed by atoms with Gasteiger partial charge in [-0.3, -0.25) is 9.58 Å². The fraction of sp³-hybridized carbons (Fsp3) is 0.786. The Labute approximate surface area is 110 Å². The largest absolute Gasteiger partial charge is 0.315 e. The lowest BCUT2D eigenvalue weighted by Gasteiger charge is -2.24. The van der Waals surface area contributed by atoms with Crippen LogP contribution in [0.3, 0.4) is 0 Å². The molecule has 1 unspecified atom stereocenters. The van der Waals surface area contributed by atoms with Crippen molar-refractivity contribution in [1.29, 1.82) is 0 Å². The van der Waals surface area contributed by atoms with E-state index in [0.29, 0.717) is 6.04 Å². The number of nitrogens with one attached hydrogen (secondary N) is 1. The predicted octanol–water partition coefficient (Wildman–Crippen LogP) is 1.79. The minimum Gasteiger partial charge on any atom is -0.315 e. The third-order valence-corrected chi connectivity index (χ3v) is 3.78. The summed E-state index contributed by atoms with van der Waals surface area (Å²) in [5, 5.41) is 8.01. The molecule has 2 rings (SSSR count). The average molecular weight is 250 g/mol. The van der Waals surface area contributed by atoms with E-state index >= 15 is 0 Å². The zero-order valence-electron chi connectivity index (χ0n) is 11.9. The molecule has 1 saturated heterocycles. The Morgan fingerprint density at radius 2 is 2.28 bits per heavy atom. The normalized spacial score (nSPS) is 20.7. The van der Waals surface area contributed by atoms with Gasteiger partial charge in [-0.2, -0.15) is 5.10 Å². The van der Waals surface area contributed by atoms with Crippen LogP contribution < -0.4 is 5.32 Å². The summed E-state index contributed by atoms with van der Waals surface area (Å²) >= 11 is 0. The Morgan fingerprint density at radius 1 is 1.44 bits per heavy atom. The number of hydrogen-bond donors (Lipinski definition) is 1. The molecular weight excluding hydrogens is 224 g/mol. The zero-order chi connectivity index (χ0) is 13.0. The van der Waals surface area contributed by atoms with E-state index in [1.165, 1.54) is 25.1 Å². The number of rotatable bonds is 6. The highest BCUT2D eigenvalue weighted by Gasteiger charge is 2.24. The van der Waals surface area contributed by atoms with Gasteiger partial charge in [-0.25, -0.2) is 0 Å². The number of nitrogens with zero attached hydrogens (tertiary/aromatic N) is 3. The van der Waals surface area contributed by atoms with Gasteiger partial charge in [-0.1, -0.05) is 6.92 Å². The van der Waals surface area contributed by atoms with E-state index in [1.54, 1.807) is 0 Å². The molecule has 2 heterocycles. The monoisotopic (exact) mass is 250 g/mol. The molecule has 0 amide bonds. The van der Waals surface area contributed by atoms with Crippen LogP contribution in [0.4, 0.5) is 0 Å². The van der Waals surface area contributed by atoms with Gasteiger partial charge in [-0.15, -0.1) is 0 Å². The fourth-order valence-corrected chi connectivity index (χ4v) is 2.85. The Morgan fingerprint density at radius 3 is 3.00 bits per heavy atom. The lowest BCUT2D eigenvalue weighted by molar-refractivity contribution is 0.233. The number of aromatic nitrogens is 2. The number of hydrogen-bond acceptors (Lipinski definition) is 3. The average Bonchev–Trinajstić information content (AvgIpc) is 2.94. The van der Waals surface area contributed by atoms with Crippen molar-refractivity contribution in [3.8, 4) is 0 Å². The van der Waals surface area contributed by atoms with E-state index in [0.717, 1.165) is 31.9 Å². The maximum atomic E-state index is 4.53. The van der Waals surface area contributed by atoms with Crippen molar-refractivity contribution in [2.45, 2.75) is 52.7 Å². The third kappa shape index (κ3) is 3.12. The van der Waals surface area contributed by atoms with Gasteiger partial charge in [0, 0.05) is 25.7 Å². The summed E-state index contributed by atoms with van der Waals surface area (Å²) < 4.78 is 2.14. The van der Waals surface area contributed by atoms with Gasteiger partial charge in [-0.05, 0) is 45.8 Å². The molecule has 0 bridgehead atoms. The standard InChI is InChI=1S/C14H26N4/c1-4-15-10-13-7-6-8-17(13)11-14-9-12(3)16-18(14)5-2/h9,13,15H,4-8,10-11H2,1-3H3. The first kappa shape index (κ1) is 13.6. The molecule has 1 fully saturated rings. The molecule has 1 aromatic rings. The van der Waals surface area contributed by atoms with Crippen molar-refractivity contribution in [2.75, 3.05) is 19.6 Å². The van der Waals surface area contributed by atoms with Gasteiger partial charge < -0.3 is 5.32 Å². The van der Waals surface area contributed by atoms with Gasteiger partial charge >= 0.3 is 0 Å². The molecule has 1 aliphatic heterocycles. The van der Waals surface area contributed by atoms with Crippen molar-refractivity contribution >= 4 is 0 Å². The van der Waals surface area contributed by atoms with Crippen molar-refractivity contribution in [2.24, 2.45) is 0 Å². The summed E-state index contributed by atoms with van der Waals surface area (Å²) in [7, 11) is 0. The van der Waals surface area contributed by atoms with Gasteiger partial charge in [0.2, 0.25) is 0 Å². The summed E-state index contributed by atoms with van der Waals surface area (Å²) in [6.45, 7) is 11.8. The van der Waals surface area contributed by atoms with E-state index in [4.69, 9.17) is 0 Å². The maximum absolute atomic E-state index is 4.53. The quantitative estimate of drug-likeness (QED) is 0.835. The lowest BCUT2D eigenvalue weighted by Crippen LogP contribution is -2.37. The van der Waals surface area contributed by atoms with Crippen LogP contribution in [-0.2, 0) is 13.1 Å². The van der Waals surface area contributed by atoms with Gasteiger partial charge in [0.05, 0.1) is 11.4 Å². The second-order valence-electron chi connectivity index (χ2n) is 5.17. The van der Waals surface area contributed by atoms with Crippen molar-refractivity contribution in [1.82, 2.24) is 20.0 Å². The van der Waals surface area contributed by atoms with Gasteiger partial charge in [0.25, 0.3) is 0 Å². The van der Waals surface area contributed by atoms with Crippen LogP contribution in [0.5, 0.6) is 0 Å². The van der Waals surface area contributed by atoms with E-state index in [2.05, 4.69) is 46.8 Å². The molecule has 4 nitrogen and oxygen atoms in total. The molecule has 1 aliphatic rings. The maximum Gasteiger partial charge on any atom is 0.0597 e. The molecule has 1 aromatic heterocycles. The van der Waals surface area contributed by atoms with Crippen LogP contribution in [0.15, 0.2) is 6.07 Å². The first-order valence-corrected chi connectivity index (χ1v) is 7.22. The Kier molecular flexibility index (Phi) is 4.78. The summed E-state index contributed by atoms with van der Waals surface area (Å²) in [4.78, 5) is 2.60. The molecule has 4 heteroatoms. The smallest absolute Gasteiger partial charge is 0.0597 e. The summed E-state index contributed by atoms with van der Waals surface area (Å²) in [6.07, 6.45) is 2.65.